The van der Waals surface area contributed by atoms with Gasteiger partial charge in [-0.25, -0.2) is 0 Å². The molecule has 2 amide bonds. The van der Waals surface area contributed by atoms with Gasteiger partial charge in [-0.3, -0.25) is 9.59 Å². The Bertz CT molecular complexity index is 1030. The van der Waals surface area contributed by atoms with Crippen molar-refractivity contribution >= 4 is 22.6 Å². The molecule has 4 heteroatoms. The topological polar surface area (TPSA) is 49.4 Å². The molecule has 1 aliphatic rings. The van der Waals surface area contributed by atoms with Crippen LogP contribution in [0.4, 0.5) is 0 Å². The summed E-state index contributed by atoms with van der Waals surface area (Å²) in [5.74, 6) is 0.517. The molecule has 4 rings (SSSR count). The van der Waals surface area contributed by atoms with E-state index in [2.05, 4.69) is 29.6 Å². The van der Waals surface area contributed by atoms with Crippen molar-refractivity contribution in [2.75, 3.05) is 13.1 Å². The Labute approximate surface area is 184 Å². The number of likely N-dealkylation sites (tertiary alicyclic amines) is 1. The minimum Gasteiger partial charge on any atom is -0.344 e. The van der Waals surface area contributed by atoms with Crippen LogP contribution in [-0.4, -0.2) is 35.8 Å². The molecule has 1 atom stereocenters. The van der Waals surface area contributed by atoms with Crippen LogP contribution in [0.25, 0.3) is 10.8 Å². The van der Waals surface area contributed by atoms with Crippen LogP contribution in [0.1, 0.15) is 30.9 Å². The molecule has 31 heavy (non-hydrogen) atoms. The number of nitrogens with one attached hydrogen (secondary N) is 1. The highest BCUT2D eigenvalue weighted by Crippen LogP contribution is 2.22. The van der Waals surface area contributed by atoms with E-state index in [0.29, 0.717) is 5.92 Å². The molecule has 0 radical (unpaired) electrons. The van der Waals surface area contributed by atoms with Gasteiger partial charge in [0.25, 0.3) is 0 Å². The molecular weight excluding hydrogens is 384 g/mol. The fourth-order valence-electron chi connectivity index (χ4n) is 4.55. The Kier molecular flexibility index (Phi) is 6.66. The van der Waals surface area contributed by atoms with E-state index in [1.165, 1.54) is 5.56 Å². The molecule has 0 aliphatic carbocycles. The highest BCUT2D eigenvalue weighted by atomic mass is 16.2. The smallest absolute Gasteiger partial charge is 0.244 e. The summed E-state index contributed by atoms with van der Waals surface area (Å²) in [4.78, 5) is 27.4. The number of carbonyl (C=O) groups is 2. The van der Waals surface area contributed by atoms with Gasteiger partial charge >= 0.3 is 0 Å². The molecule has 0 bridgehead atoms. The van der Waals surface area contributed by atoms with Crippen LogP contribution >= 0.6 is 0 Å². The first-order valence-corrected chi connectivity index (χ1v) is 11.2. The summed E-state index contributed by atoms with van der Waals surface area (Å²) >= 11 is 0. The number of piperidine rings is 1. The zero-order valence-electron chi connectivity index (χ0n) is 18.1. The standard InChI is InChI=1S/C27H30N2O2/c1-20(28-26(30)19-24-12-7-11-23-10-5-6-13-25(23)24)27(31)29-16-14-22(15-17-29)18-21-8-3-2-4-9-21/h2-13,20,22H,14-19H2,1H3,(H,28,30)/t20-/m0/s1. The summed E-state index contributed by atoms with van der Waals surface area (Å²) < 4.78 is 0. The molecule has 1 N–H and O–H groups in total. The normalized spacial score (nSPS) is 15.6. The van der Waals surface area contributed by atoms with Crippen molar-refractivity contribution in [3.05, 3.63) is 83.9 Å². The third-order valence-corrected chi connectivity index (χ3v) is 6.27. The first kappa shape index (κ1) is 21.1. The van der Waals surface area contributed by atoms with Gasteiger partial charge in [-0.05, 0) is 54.0 Å². The Morgan fingerprint density at radius 1 is 0.935 bits per heavy atom. The van der Waals surface area contributed by atoms with Crippen molar-refractivity contribution in [3.8, 4) is 0 Å². The quantitative estimate of drug-likeness (QED) is 0.651. The first-order valence-electron chi connectivity index (χ1n) is 11.2. The van der Waals surface area contributed by atoms with Crippen LogP contribution in [0, 0.1) is 5.92 Å². The second-order valence-corrected chi connectivity index (χ2v) is 8.56. The molecule has 0 aromatic heterocycles. The van der Waals surface area contributed by atoms with Gasteiger partial charge in [0, 0.05) is 13.1 Å². The summed E-state index contributed by atoms with van der Waals surface area (Å²) in [6.45, 7) is 3.32. The zero-order valence-corrected chi connectivity index (χ0v) is 18.1. The van der Waals surface area contributed by atoms with Gasteiger partial charge in [-0.1, -0.05) is 72.8 Å². The maximum atomic E-state index is 12.9. The number of nitrogens with zero attached hydrogens (tertiary/aromatic N) is 1. The number of fused-ring (bicyclic) bond motifs is 1. The highest BCUT2D eigenvalue weighted by molar-refractivity contribution is 5.92. The average molecular weight is 415 g/mol. The summed E-state index contributed by atoms with van der Waals surface area (Å²) in [5, 5.41) is 5.11. The SMILES string of the molecule is C[C@H](NC(=O)Cc1cccc2ccccc12)C(=O)N1CCC(Cc2ccccc2)CC1. The van der Waals surface area contributed by atoms with Crippen LogP contribution in [0.15, 0.2) is 72.8 Å². The van der Waals surface area contributed by atoms with Gasteiger partial charge in [0.1, 0.15) is 6.04 Å². The van der Waals surface area contributed by atoms with Crippen LogP contribution in [-0.2, 0) is 22.4 Å². The van der Waals surface area contributed by atoms with E-state index in [4.69, 9.17) is 0 Å². The maximum absolute atomic E-state index is 12.9. The summed E-state index contributed by atoms with van der Waals surface area (Å²) in [5.41, 5.74) is 2.35. The van der Waals surface area contributed by atoms with Gasteiger partial charge in [0.2, 0.25) is 11.8 Å². The Morgan fingerprint density at radius 3 is 2.39 bits per heavy atom. The molecule has 4 nitrogen and oxygen atoms in total. The molecule has 1 fully saturated rings. The van der Waals surface area contributed by atoms with Crippen molar-refractivity contribution in [3.63, 3.8) is 0 Å². The van der Waals surface area contributed by atoms with E-state index in [0.717, 1.165) is 48.7 Å². The monoisotopic (exact) mass is 414 g/mol. The lowest BCUT2D eigenvalue weighted by atomic mass is 9.90. The van der Waals surface area contributed by atoms with E-state index >= 15 is 0 Å². The lowest BCUT2D eigenvalue weighted by Crippen LogP contribution is -2.49. The number of hydrogen-bond acceptors (Lipinski definition) is 2. The molecule has 1 heterocycles. The van der Waals surface area contributed by atoms with E-state index in [1.54, 1.807) is 6.92 Å². The number of hydrogen-bond donors (Lipinski definition) is 1. The molecule has 0 unspecified atom stereocenters. The van der Waals surface area contributed by atoms with Crippen LogP contribution in [0.3, 0.4) is 0 Å². The molecule has 0 saturated carbocycles. The predicted molar refractivity (Wildman–Crippen MR) is 125 cm³/mol. The van der Waals surface area contributed by atoms with Crippen LogP contribution in [0.5, 0.6) is 0 Å². The number of amides is 2. The Morgan fingerprint density at radius 2 is 1.61 bits per heavy atom. The lowest BCUT2D eigenvalue weighted by Gasteiger charge is -2.33. The van der Waals surface area contributed by atoms with Crippen molar-refractivity contribution in [1.29, 1.82) is 0 Å². The molecule has 3 aromatic carbocycles. The van der Waals surface area contributed by atoms with Crippen LogP contribution in [0.2, 0.25) is 0 Å². The van der Waals surface area contributed by atoms with Gasteiger partial charge in [0.05, 0.1) is 6.42 Å². The van der Waals surface area contributed by atoms with Crippen LogP contribution < -0.4 is 5.32 Å². The maximum Gasteiger partial charge on any atom is 0.244 e. The van der Waals surface area contributed by atoms with Gasteiger partial charge in [0.15, 0.2) is 0 Å². The lowest BCUT2D eigenvalue weighted by molar-refractivity contribution is -0.137. The number of carbonyl (C=O) groups excluding carboxylic acids is 2. The fraction of sp³-hybridized carbons (Fsp3) is 0.333. The summed E-state index contributed by atoms with van der Waals surface area (Å²) in [7, 11) is 0. The third kappa shape index (κ3) is 5.32. The molecule has 0 spiro atoms. The minimum absolute atomic E-state index is 0.0180. The molecule has 160 valence electrons. The molecular formula is C27H30N2O2. The van der Waals surface area contributed by atoms with E-state index in [9.17, 15) is 9.59 Å². The first-order chi connectivity index (χ1) is 15.1. The highest BCUT2D eigenvalue weighted by Gasteiger charge is 2.27. The number of benzene rings is 3. The summed E-state index contributed by atoms with van der Waals surface area (Å²) in [6.07, 6.45) is 3.37. The summed E-state index contributed by atoms with van der Waals surface area (Å²) in [6, 6.07) is 24.1. The van der Waals surface area contributed by atoms with Gasteiger partial charge in [-0.2, -0.15) is 0 Å². The van der Waals surface area contributed by atoms with E-state index in [1.807, 2.05) is 53.4 Å². The van der Waals surface area contributed by atoms with Crippen molar-refractivity contribution in [1.82, 2.24) is 10.2 Å². The number of rotatable bonds is 6. The third-order valence-electron chi connectivity index (χ3n) is 6.27. The zero-order chi connectivity index (χ0) is 21.6. The van der Waals surface area contributed by atoms with Crippen molar-refractivity contribution in [2.45, 2.75) is 38.6 Å². The Hall–Kier alpha value is -3.14. The Balaban J connectivity index is 1.28. The van der Waals surface area contributed by atoms with Gasteiger partial charge < -0.3 is 10.2 Å². The van der Waals surface area contributed by atoms with Crippen molar-refractivity contribution in [2.24, 2.45) is 5.92 Å². The van der Waals surface area contributed by atoms with Gasteiger partial charge in [-0.15, -0.1) is 0 Å². The largest absolute Gasteiger partial charge is 0.344 e. The minimum atomic E-state index is -0.506. The van der Waals surface area contributed by atoms with E-state index < -0.39 is 6.04 Å². The molecule has 3 aromatic rings. The predicted octanol–water partition coefficient (Wildman–Crippen LogP) is 4.37. The second-order valence-electron chi connectivity index (χ2n) is 8.56. The molecule has 1 aliphatic heterocycles. The molecule has 1 saturated heterocycles. The fourth-order valence-corrected chi connectivity index (χ4v) is 4.55. The van der Waals surface area contributed by atoms with Crippen molar-refractivity contribution < 1.29 is 9.59 Å². The average Bonchev–Trinajstić information content (AvgIpc) is 2.80. The van der Waals surface area contributed by atoms with E-state index in [-0.39, 0.29) is 18.2 Å². The second kappa shape index (κ2) is 9.78.